The molecule has 0 spiro atoms. The Morgan fingerprint density at radius 2 is 1.59 bits per heavy atom. The van der Waals surface area contributed by atoms with Crippen LogP contribution in [0.5, 0.6) is 0 Å². The largest absolute Gasteiger partial charge is 0.222 e. The summed E-state index contributed by atoms with van der Waals surface area (Å²) in [5, 5.41) is 7.14. The Labute approximate surface area is 172 Å². The van der Waals surface area contributed by atoms with E-state index in [2.05, 4.69) is 68.1 Å². The van der Waals surface area contributed by atoms with Gasteiger partial charge in [0.25, 0.3) is 0 Å². The third-order valence-electron chi connectivity index (χ3n) is 6.29. The highest BCUT2D eigenvalue weighted by atomic mass is 32.2. The second kappa shape index (κ2) is 5.80. The SMILES string of the molecule is Cc1c2c(c(C)c3ccccc13)-c1c3c(cc4cc(F)ccc4c3cc[n+]1C)S2. The summed E-state index contributed by atoms with van der Waals surface area (Å²) < 4.78 is 16.2. The Morgan fingerprint density at radius 1 is 0.828 bits per heavy atom. The van der Waals surface area contributed by atoms with Crippen LogP contribution < -0.4 is 4.57 Å². The van der Waals surface area contributed by atoms with Gasteiger partial charge in [-0.2, -0.15) is 0 Å². The molecule has 6 rings (SSSR count). The first-order valence-corrected chi connectivity index (χ1v) is 10.6. The van der Waals surface area contributed by atoms with Crippen LogP contribution >= 0.6 is 11.8 Å². The highest BCUT2D eigenvalue weighted by Crippen LogP contribution is 2.52. The minimum absolute atomic E-state index is 0.190. The van der Waals surface area contributed by atoms with E-state index < -0.39 is 0 Å². The number of benzene rings is 4. The maximum Gasteiger partial charge on any atom is 0.222 e. The molecule has 0 unspecified atom stereocenters. The van der Waals surface area contributed by atoms with Gasteiger partial charge in [0, 0.05) is 21.2 Å². The van der Waals surface area contributed by atoms with Crippen molar-refractivity contribution in [3.63, 3.8) is 0 Å². The zero-order valence-corrected chi connectivity index (χ0v) is 17.3. The molecule has 3 heteroatoms. The average molecular weight is 397 g/mol. The molecule has 29 heavy (non-hydrogen) atoms. The minimum Gasteiger partial charge on any atom is -0.207 e. The number of halogens is 1. The molecule has 0 atom stereocenters. The van der Waals surface area contributed by atoms with Gasteiger partial charge in [-0.1, -0.05) is 42.1 Å². The predicted molar refractivity (Wildman–Crippen MR) is 119 cm³/mol. The van der Waals surface area contributed by atoms with E-state index >= 15 is 0 Å². The molecule has 1 aliphatic rings. The Kier molecular flexibility index (Phi) is 3.40. The Balaban J connectivity index is 1.86. The molecule has 1 nitrogen and oxygen atoms in total. The lowest BCUT2D eigenvalue weighted by molar-refractivity contribution is -0.659. The van der Waals surface area contributed by atoms with E-state index in [1.165, 1.54) is 53.7 Å². The second-order valence-corrected chi connectivity index (χ2v) is 8.96. The lowest BCUT2D eigenvalue weighted by atomic mass is 9.90. The number of nitrogens with zero attached hydrogens (tertiary/aromatic N) is 1. The van der Waals surface area contributed by atoms with Crippen LogP contribution in [0.1, 0.15) is 11.1 Å². The lowest BCUT2D eigenvalue weighted by Crippen LogP contribution is -2.31. The zero-order chi connectivity index (χ0) is 19.9. The molecule has 0 fully saturated rings. The molecule has 140 valence electrons. The first kappa shape index (κ1) is 17.0. The van der Waals surface area contributed by atoms with Crippen LogP contribution in [0.4, 0.5) is 4.39 Å². The van der Waals surface area contributed by atoms with E-state index in [1.54, 1.807) is 12.1 Å². The van der Waals surface area contributed by atoms with Gasteiger partial charge in [0.1, 0.15) is 12.9 Å². The zero-order valence-electron chi connectivity index (χ0n) is 16.5. The highest BCUT2D eigenvalue weighted by Gasteiger charge is 2.31. The first-order valence-electron chi connectivity index (χ1n) is 9.79. The number of hydrogen-bond acceptors (Lipinski definition) is 1. The quantitative estimate of drug-likeness (QED) is 0.200. The summed E-state index contributed by atoms with van der Waals surface area (Å²) in [5.41, 5.74) is 5.21. The number of aromatic nitrogens is 1. The Hall–Kier alpha value is -2.91. The Morgan fingerprint density at radius 3 is 2.38 bits per heavy atom. The van der Waals surface area contributed by atoms with Crippen LogP contribution in [0.15, 0.2) is 70.6 Å². The molecule has 0 amide bonds. The summed E-state index contributed by atoms with van der Waals surface area (Å²) in [7, 11) is 2.12. The van der Waals surface area contributed by atoms with Gasteiger partial charge in [0.2, 0.25) is 5.69 Å². The van der Waals surface area contributed by atoms with Crippen molar-refractivity contribution in [1.82, 2.24) is 0 Å². The van der Waals surface area contributed by atoms with Gasteiger partial charge in [-0.3, -0.25) is 0 Å². The molecule has 0 saturated heterocycles. The number of fused-ring (bicyclic) bond motifs is 5. The van der Waals surface area contributed by atoms with Crippen LogP contribution in [-0.2, 0) is 7.05 Å². The maximum absolute atomic E-state index is 13.9. The normalized spacial score (nSPS) is 12.7. The molecule has 2 heterocycles. The van der Waals surface area contributed by atoms with E-state index in [9.17, 15) is 4.39 Å². The molecule has 0 saturated carbocycles. The van der Waals surface area contributed by atoms with E-state index in [4.69, 9.17) is 0 Å². The summed E-state index contributed by atoms with van der Waals surface area (Å²) in [4.78, 5) is 2.52. The molecule has 0 radical (unpaired) electrons. The number of rotatable bonds is 0. The van der Waals surface area contributed by atoms with E-state index in [1.807, 2.05) is 17.8 Å². The number of aryl methyl sites for hydroxylation is 3. The first-order chi connectivity index (χ1) is 14.0. The van der Waals surface area contributed by atoms with Crippen LogP contribution in [0.2, 0.25) is 0 Å². The van der Waals surface area contributed by atoms with Crippen molar-refractivity contribution in [3.8, 4) is 11.3 Å². The topological polar surface area (TPSA) is 3.88 Å². The van der Waals surface area contributed by atoms with Gasteiger partial charge in [0.15, 0.2) is 6.20 Å². The van der Waals surface area contributed by atoms with Gasteiger partial charge in [-0.15, -0.1) is 0 Å². The van der Waals surface area contributed by atoms with Gasteiger partial charge in [-0.05, 0) is 64.7 Å². The molecule has 1 aliphatic heterocycles. The molecule has 0 bridgehead atoms. The van der Waals surface area contributed by atoms with E-state index in [0.717, 1.165) is 10.8 Å². The van der Waals surface area contributed by atoms with Crippen LogP contribution in [0.3, 0.4) is 0 Å². The van der Waals surface area contributed by atoms with Crippen LogP contribution in [0.25, 0.3) is 43.6 Å². The van der Waals surface area contributed by atoms with Crippen LogP contribution in [-0.4, -0.2) is 0 Å². The summed E-state index contributed by atoms with van der Waals surface area (Å²) in [6.07, 6.45) is 2.13. The van der Waals surface area contributed by atoms with Crippen molar-refractivity contribution in [2.24, 2.45) is 7.05 Å². The standard InChI is InChI=1S/C26H19FNS/c1-14-18-6-4-5-7-19(18)15(2)26-23(14)25-24-21(10-11-28(25)3)20-9-8-17(27)12-16(20)13-22(24)29-26/h4-13H,1-3H3/q+1. The van der Waals surface area contributed by atoms with Crippen molar-refractivity contribution in [2.75, 3.05) is 0 Å². The summed E-state index contributed by atoms with van der Waals surface area (Å²) in [6.45, 7) is 4.46. The third kappa shape index (κ3) is 2.19. The molecular weight excluding hydrogens is 377 g/mol. The van der Waals surface area contributed by atoms with E-state index in [-0.39, 0.29) is 5.82 Å². The van der Waals surface area contributed by atoms with Gasteiger partial charge in [-0.25, -0.2) is 8.96 Å². The molecule has 5 aromatic rings. The molecular formula is C26H19FNS+. The fraction of sp³-hybridized carbons (Fsp3) is 0.115. The van der Waals surface area contributed by atoms with Crippen molar-refractivity contribution in [1.29, 1.82) is 0 Å². The molecule has 0 aliphatic carbocycles. The maximum atomic E-state index is 13.9. The average Bonchev–Trinajstić information content (AvgIpc) is 2.73. The number of pyridine rings is 1. The van der Waals surface area contributed by atoms with Gasteiger partial charge < -0.3 is 0 Å². The molecule has 1 aromatic heterocycles. The highest BCUT2D eigenvalue weighted by molar-refractivity contribution is 8.00. The van der Waals surface area contributed by atoms with Crippen LogP contribution in [0, 0.1) is 19.7 Å². The third-order valence-corrected chi connectivity index (χ3v) is 7.54. The summed E-state index contributed by atoms with van der Waals surface area (Å²) in [6, 6.07) is 18.1. The molecule has 4 aromatic carbocycles. The number of hydrogen-bond donors (Lipinski definition) is 0. The van der Waals surface area contributed by atoms with Gasteiger partial charge >= 0.3 is 0 Å². The minimum atomic E-state index is -0.190. The monoisotopic (exact) mass is 396 g/mol. The fourth-order valence-corrected chi connectivity index (χ4v) is 6.22. The van der Waals surface area contributed by atoms with Crippen molar-refractivity contribution < 1.29 is 8.96 Å². The summed E-state index contributed by atoms with van der Waals surface area (Å²) in [5.74, 6) is -0.190. The van der Waals surface area contributed by atoms with Gasteiger partial charge in [0.05, 0.1) is 10.9 Å². The Bertz CT molecular complexity index is 1520. The van der Waals surface area contributed by atoms with Crippen molar-refractivity contribution in [2.45, 2.75) is 23.6 Å². The smallest absolute Gasteiger partial charge is 0.207 e. The van der Waals surface area contributed by atoms with Crippen molar-refractivity contribution >= 4 is 44.1 Å². The lowest BCUT2D eigenvalue weighted by Gasteiger charge is -2.24. The predicted octanol–water partition coefficient (Wildman–Crippen LogP) is 6.86. The second-order valence-electron chi connectivity index (χ2n) is 7.91. The fourth-order valence-electron chi connectivity index (χ4n) is 4.89. The van der Waals surface area contributed by atoms with E-state index in [0.29, 0.717) is 0 Å². The summed E-state index contributed by atoms with van der Waals surface area (Å²) >= 11 is 1.82. The van der Waals surface area contributed by atoms with Crippen molar-refractivity contribution in [3.05, 3.63) is 77.7 Å². The molecule has 0 N–H and O–H groups in total.